The minimum Gasteiger partial charge on any atom is -0.486 e. The highest BCUT2D eigenvalue weighted by molar-refractivity contribution is 5.68. The monoisotopic (exact) mass is 335 g/mol. The second-order valence-electron chi connectivity index (χ2n) is 6.86. The number of hydrogen-bond acceptors (Lipinski definition) is 5. The number of rotatable bonds is 6. The van der Waals surface area contributed by atoms with E-state index in [1.165, 1.54) is 0 Å². The molecular weight excluding hydrogens is 310 g/mol. The number of aliphatic carboxylic acids is 1. The maximum atomic E-state index is 11.0. The zero-order valence-electron chi connectivity index (χ0n) is 14.0. The summed E-state index contributed by atoms with van der Waals surface area (Å²) in [5, 5.41) is 12.4. The van der Waals surface area contributed by atoms with E-state index in [0.717, 1.165) is 37.4 Å². The van der Waals surface area contributed by atoms with Crippen LogP contribution in [0.5, 0.6) is 11.5 Å². The van der Waals surface area contributed by atoms with Crippen molar-refractivity contribution < 1.29 is 24.1 Å². The van der Waals surface area contributed by atoms with Gasteiger partial charge in [-0.25, -0.2) is 4.79 Å². The Balaban J connectivity index is 1.68. The van der Waals surface area contributed by atoms with Crippen LogP contribution in [0, 0.1) is 5.41 Å². The lowest BCUT2D eigenvalue weighted by molar-refractivity contribution is -0.149. The highest BCUT2D eigenvalue weighted by Gasteiger charge is 2.39. The smallest absolute Gasteiger partial charge is 0.329 e. The van der Waals surface area contributed by atoms with Gasteiger partial charge in [-0.05, 0) is 31.5 Å². The average molecular weight is 335 g/mol. The van der Waals surface area contributed by atoms with E-state index in [1.54, 1.807) is 0 Å². The van der Waals surface area contributed by atoms with Crippen molar-refractivity contribution in [3.8, 4) is 11.5 Å². The van der Waals surface area contributed by atoms with Crippen molar-refractivity contribution in [1.29, 1.82) is 0 Å². The summed E-state index contributed by atoms with van der Waals surface area (Å²) in [5.41, 5.74) is -0.103. The molecular formula is C18H25NO5. The van der Waals surface area contributed by atoms with Gasteiger partial charge < -0.3 is 24.6 Å². The average Bonchev–Trinajstić information content (AvgIpc) is 2.59. The summed E-state index contributed by atoms with van der Waals surface area (Å²) in [4.78, 5) is 11.0. The first kappa shape index (κ1) is 17.0. The van der Waals surface area contributed by atoms with Crippen molar-refractivity contribution in [1.82, 2.24) is 5.32 Å². The lowest BCUT2D eigenvalue weighted by Gasteiger charge is -2.42. The summed E-state index contributed by atoms with van der Waals surface area (Å²) in [6.07, 6.45) is 2.35. The minimum atomic E-state index is -0.946. The third kappa shape index (κ3) is 3.99. The van der Waals surface area contributed by atoms with E-state index in [9.17, 15) is 4.79 Å². The Hall–Kier alpha value is -1.79. The lowest BCUT2D eigenvalue weighted by Crippen LogP contribution is -2.49. The van der Waals surface area contributed by atoms with E-state index in [1.807, 2.05) is 24.3 Å². The van der Waals surface area contributed by atoms with Gasteiger partial charge in [0.1, 0.15) is 19.3 Å². The van der Waals surface area contributed by atoms with Crippen LogP contribution >= 0.6 is 0 Å². The largest absolute Gasteiger partial charge is 0.486 e. The Labute approximate surface area is 142 Å². The number of hydrogen-bond donors (Lipinski definition) is 2. The molecule has 3 atom stereocenters. The molecule has 1 fully saturated rings. The zero-order chi connectivity index (χ0) is 17.0. The summed E-state index contributed by atoms with van der Waals surface area (Å²) in [7, 11) is 0. The molecule has 2 unspecified atom stereocenters. The molecule has 3 rings (SSSR count). The first-order chi connectivity index (χ1) is 11.6. The summed E-state index contributed by atoms with van der Waals surface area (Å²) < 4.78 is 17.6. The predicted molar refractivity (Wildman–Crippen MR) is 88.6 cm³/mol. The molecule has 0 aromatic heterocycles. The third-order valence-electron chi connectivity index (χ3n) is 4.86. The highest BCUT2D eigenvalue weighted by Crippen LogP contribution is 2.37. The van der Waals surface area contributed by atoms with Gasteiger partial charge in [-0.1, -0.05) is 19.1 Å². The molecule has 0 saturated carbocycles. The summed E-state index contributed by atoms with van der Waals surface area (Å²) >= 11 is 0. The molecule has 0 spiro atoms. The van der Waals surface area contributed by atoms with Gasteiger partial charge in [0.05, 0.1) is 6.10 Å². The highest BCUT2D eigenvalue weighted by atomic mass is 16.6. The second kappa shape index (κ2) is 7.40. The first-order valence-electron chi connectivity index (χ1n) is 8.49. The van der Waals surface area contributed by atoms with Gasteiger partial charge >= 0.3 is 5.97 Å². The minimum absolute atomic E-state index is 0.103. The van der Waals surface area contributed by atoms with Gasteiger partial charge in [0, 0.05) is 18.4 Å². The fraction of sp³-hybridized carbons (Fsp3) is 0.611. The fourth-order valence-electron chi connectivity index (χ4n) is 3.50. The van der Waals surface area contributed by atoms with Gasteiger partial charge in [-0.3, -0.25) is 0 Å². The summed E-state index contributed by atoms with van der Waals surface area (Å²) in [6.45, 7) is 4.14. The topological polar surface area (TPSA) is 77.0 Å². The second-order valence-corrected chi connectivity index (χ2v) is 6.86. The molecule has 132 valence electrons. The van der Waals surface area contributed by atoms with Gasteiger partial charge in [0.2, 0.25) is 0 Å². The number of nitrogens with one attached hydrogen (secondary N) is 1. The van der Waals surface area contributed by atoms with E-state index < -0.39 is 5.97 Å². The third-order valence-corrected chi connectivity index (χ3v) is 4.86. The van der Waals surface area contributed by atoms with Crippen molar-refractivity contribution in [3.63, 3.8) is 0 Å². The molecule has 2 heterocycles. The van der Waals surface area contributed by atoms with Crippen LogP contribution in [0.1, 0.15) is 26.2 Å². The molecule has 0 radical (unpaired) electrons. The Morgan fingerprint density at radius 1 is 1.46 bits per heavy atom. The van der Waals surface area contributed by atoms with Crippen LogP contribution in [-0.2, 0) is 9.53 Å². The number of para-hydroxylation sites is 2. The van der Waals surface area contributed by atoms with Crippen LogP contribution in [-0.4, -0.2) is 49.6 Å². The maximum Gasteiger partial charge on any atom is 0.329 e. The Morgan fingerprint density at radius 2 is 2.25 bits per heavy atom. The van der Waals surface area contributed by atoms with Crippen molar-refractivity contribution in [2.24, 2.45) is 5.41 Å². The van der Waals surface area contributed by atoms with E-state index in [-0.39, 0.29) is 24.2 Å². The van der Waals surface area contributed by atoms with Gasteiger partial charge in [-0.2, -0.15) is 0 Å². The van der Waals surface area contributed by atoms with E-state index in [4.69, 9.17) is 19.3 Å². The molecule has 0 aliphatic carbocycles. The van der Waals surface area contributed by atoms with Crippen LogP contribution in [0.2, 0.25) is 0 Å². The number of carbonyl (C=O) groups is 1. The van der Waals surface area contributed by atoms with Gasteiger partial charge in [0.15, 0.2) is 11.5 Å². The Kier molecular flexibility index (Phi) is 5.26. The molecule has 0 amide bonds. The molecule has 6 nitrogen and oxygen atoms in total. The fourth-order valence-corrected chi connectivity index (χ4v) is 3.50. The van der Waals surface area contributed by atoms with Crippen LogP contribution in [0.4, 0.5) is 0 Å². The van der Waals surface area contributed by atoms with Crippen molar-refractivity contribution in [2.45, 2.75) is 38.4 Å². The van der Waals surface area contributed by atoms with Gasteiger partial charge in [-0.15, -0.1) is 0 Å². The number of ether oxygens (including phenoxy) is 3. The summed E-state index contributed by atoms with van der Waals surface area (Å²) in [5.74, 6) is 0.540. The van der Waals surface area contributed by atoms with Crippen molar-refractivity contribution in [3.05, 3.63) is 24.3 Å². The summed E-state index contributed by atoms with van der Waals surface area (Å²) in [6, 6.07) is 7.60. The number of carboxylic acids is 1. The molecule has 0 bridgehead atoms. The Morgan fingerprint density at radius 3 is 2.96 bits per heavy atom. The quantitative estimate of drug-likeness (QED) is 0.829. The molecule has 6 heteroatoms. The molecule has 2 N–H and O–H groups in total. The van der Waals surface area contributed by atoms with Crippen molar-refractivity contribution in [2.75, 3.05) is 26.3 Å². The zero-order valence-corrected chi connectivity index (χ0v) is 14.0. The van der Waals surface area contributed by atoms with E-state index >= 15 is 0 Å². The SMILES string of the molecule is CC1([C@H](CC2COc3ccccc3O2)OCC(=O)O)CCCNC1. The van der Waals surface area contributed by atoms with E-state index in [0.29, 0.717) is 13.0 Å². The van der Waals surface area contributed by atoms with Crippen LogP contribution in [0.3, 0.4) is 0 Å². The molecule has 1 aromatic rings. The Bertz CT molecular complexity index is 570. The van der Waals surface area contributed by atoms with E-state index in [2.05, 4.69) is 12.2 Å². The number of benzene rings is 1. The van der Waals surface area contributed by atoms with Gasteiger partial charge in [0.25, 0.3) is 0 Å². The molecule has 2 aliphatic rings. The predicted octanol–water partition coefficient (Wildman–Crippen LogP) is 2.08. The number of piperidine rings is 1. The number of fused-ring (bicyclic) bond motifs is 1. The molecule has 2 aliphatic heterocycles. The maximum absolute atomic E-state index is 11.0. The molecule has 1 aromatic carbocycles. The van der Waals surface area contributed by atoms with Crippen LogP contribution in [0.25, 0.3) is 0 Å². The normalized spacial score (nSPS) is 27.5. The van der Waals surface area contributed by atoms with Crippen LogP contribution < -0.4 is 14.8 Å². The molecule has 1 saturated heterocycles. The lowest BCUT2D eigenvalue weighted by atomic mass is 9.75. The van der Waals surface area contributed by atoms with Crippen LogP contribution in [0.15, 0.2) is 24.3 Å². The molecule has 24 heavy (non-hydrogen) atoms. The van der Waals surface area contributed by atoms with Crippen molar-refractivity contribution >= 4 is 5.97 Å². The number of carboxylic acid groups (broad SMARTS) is 1. The standard InChI is InChI=1S/C18H25NO5/c1-18(7-4-8-19-12-18)16(23-11-17(20)21)9-13-10-22-14-5-2-3-6-15(14)24-13/h2-3,5-6,13,16,19H,4,7-12H2,1H3,(H,20,21)/t13?,16-,18?/m0/s1. The first-order valence-corrected chi connectivity index (χ1v) is 8.49.